The van der Waals surface area contributed by atoms with Crippen LogP contribution in [-0.4, -0.2) is 80.4 Å². The highest BCUT2D eigenvalue weighted by Gasteiger charge is 2.43. The van der Waals surface area contributed by atoms with E-state index in [2.05, 4.69) is 0 Å². The van der Waals surface area contributed by atoms with Gasteiger partial charge in [0.2, 0.25) is 15.9 Å². The van der Waals surface area contributed by atoms with E-state index in [0.29, 0.717) is 25.9 Å². The van der Waals surface area contributed by atoms with Crippen molar-refractivity contribution < 1.29 is 21.6 Å². The second-order valence-corrected chi connectivity index (χ2v) is 11.9. The Morgan fingerprint density at radius 3 is 2.12 bits per heavy atom. The fourth-order valence-electron chi connectivity index (χ4n) is 4.06. The van der Waals surface area contributed by atoms with E-state index < -0.39 is 30.6 Å². The molecule has 1 saturated carbocycles. The molecule has 3 rings (SSSR count). The van der Waals surface area contributed by atoms with Gasteiger partial charge in [-0.1, -0.05) is 19.3 Å². The van der Waals surface area contributed by atoms with E-state index >= 15 is 0 Å². The Morgan fingerprint density at radius 2 is 1.62 bits per heavy atom. The summed E-state index contributed by atoms with van der Waals surface area (Å²) < 4.78 is 49.8. The molecular formula is C15H28ClN3O5S2. The van der Waals surface area contributed by atoms with E-state index in [0.717, 1.165) is 19.3 Å². The number of halogens is 1. The molecule has 2 heterocycles. The van der Waals surface area contributed by atoms with Gasteiger partial charge in [-0.15, -0.1) is 12.4 Å². The Bertz CT molecular complexity index is 726. The maximum Gasteiger partial charge on any atom is 0.242 e. The molecule has 0 aromatic rings. The van der Waals surface area contributed by atoms with Crippen LogP contribution in [0.25, 0.3) is 0 Å². The van der Waals surface area contributed by atoms with Crippen LogP contribution >= 0.6 is 12.4 Å². The fourth-order valence-corrected chi connectivity index (χ4v) is 8.58. The minimum Gasteiger partial charge on any atom is -0.338 e. The smallest absolute Gasteiger partial charge is 0.242 e. The number of nitrogens with zero attached hydrogens (tertiary/aromatic N) is 2. The molecule has 0 radical (unpaired) electrons. The molecule has 1 amide bonds. The third-order valence-electron chi connectivity index (χ3n) is 5.67. The Kier molecular flexibility index (Phi) is 6.65. The van der Waals surface area contributed by atoms with Gasteiger partial charge in [-0.05, 0) is 19.3 Å². The van der Waals surface area contributed by atoms with Gasteiger partial charge in [0.25, 0.3) is 0 Å². The van der Waals surface area contributed by atoms with Gasteiger partial charge in [-0.25, -0.2) is 16.8 Å². The van der Waals surface area contributed by atoms with Crippen LogP contribution in [0.15, 0.2) is 0 Å². The number of nitrogens with two attached hydrogens (primary N) is 1. The lowest BCUT2D eigenvalue weighted by atomic mass is 9.81. The lowest BCUT2D eigenvalue weighted by Crippen LogP contribution is -2.61. The summed E-state index contributed by atoms with van der Waals surface area (Å²) in [4.78, 5) is 14.4. The summed E-state index contributed by atoms with van der Waals surface area (Å²) in [5.41, 5.74) is 5.49. The highest BCUT2D eigenvalue weighted by atomic mass is 35.5. The molecule has 26 heavy (non-hydrogen) atoms. The molecule has 152 valence electrons. The third kappa shape index (κ3) is 4.35. The van der Waals surface area contributed by atoms with Crippen LogP contribution in [0.4, 0.5) is 0 Å². The molecule has 8 nitrogen and oxygen atoms in total. The first-order valence-corrected chi connectivity index (χ1v) is 12.2. The third-order valence-corrected chi connectivity index (χ3v) is 9.98. The molecule has 0 bridgehead atoms. The molecular weight excluding hydrogens is 402 g/mol. The van der Waals surface area contributed by atoms with Crippen molar-refractivity contribution in [1.82, 2.24) is 9.21 Å². The summed E-state index contributed by atoms with van der Waals surface area (Å²) in [5.74, 6) is -0.432. The molecule has 3 aliphatic rings. The zero-order valence-corrected chi connectivity index (χ0v) is 17.2. The lowest BCUT2D eigenvalue weighted by Gasteiger charge is -2.41. The Hall–Kier alpha value is -0.420. The van der Waals surface area contributed by atoms with Crippen LogP contribution in [-0.2, 0) is 24.7 Å². The minimum absolute atomic E-state index is 0. The molecule has 0 aromatic heterocycles. The van der Waals surface area contributed by atoms with Gasteiger partial charge in [-0.3, -0.25) is 4.79 Å². The molecule has 1 unspecified atom stereocenters. The van der Waals surface area contributed by atoms with Gasteiger partial charge in [-0.2, -0.15) is 4.31 Å². The van der Waals surface area contributed by atoms with E-state index in [1.807, 2.05) is 0 Å². The molecule has 3 fully saturated rings. The molecule has 2 aliphatic heterocycles. The summed E-state index contributed by atoms with van der Waals surface area (Å²) in [6.07, 6.45) is 4.53. The first-order valence-electron chi connectivity index (χ1n) is 8.92. The number of hydrogen-bond donors (Lipinski definition) is 1. The van der Waals surface area contributed by atoms with Gasteiger partial charge in [0.1, 0.15) is 0 Å². The number of piperazine rings is 1. The summed E-state index contributed by atoms with van der Waals surface area (Å²) in [7, 11) is -6.89. The number of amides is 1. The van der Waals surface area contributed by atoms with Crippen molar-refractivity contribution in [2.75, 3.05) is 37.7 Å². The van der Waals surface area contributed by atoms with E-state index in [1.54, 1.807) is 4.90 Å². The first kappa shape index (κ1) is 21.9. The highest BCUT2D eigenvalue weighted by Crippen LogP contribution is 2.29. The quantitative estimate of drug-likeness (QED) is 0.659. The lowest BCUT2D eigenvalue weighted by molar-refractivity contribution is -0.139. The standard InChI is InChI=1S/C15H27N3O5S2.ClH/c16-15(5-2-1-3-6-15)14(19)17-7-9-18(10-8-17)25(22,23)13-4-11-24(20,21)12-13;/h13H,1-12,16H2;1H. The summed E-state index contributed by atoms with van der Waals surface area (Å²) >= 11 is 0. The number of sulfone groups is 1. The molecule has 0 spiro atoms. The van der Waals surface area contributed by atoms with E-state index in [-0.39, 0.29) is 49.3 Å². The SMILES string of the molecule is Cl.NC1(C(=O)N2CCN(S(=O)(=O)C3CCS(=O)(=O)C3)CC2)CCCCC1. The summed E-state index contributed by atoms with van der Waals surface area (Å²) in [5, 5.41) is -0.848. The van der Waals surface area contributed by atoms with Crippen LogP contribution in [0, 0.1) is 0 Å². The van der Waals surface area contributed by atoms with E-state index in [4.69, 9.17) is 5.73 Å². The van der Waals surface area contributed by atoms with E-state index in [1.165, 1.54) is 4.31 Å². The average Bonchev–Trinajstić information content (AvgIpc) is 2.96. The second kappa shape index (κ2) is 7.90. The normalized spacial score (nSPS) is 29.1. The van der Waals surface area contributed by atoms with Crippen molar-refractivity contribution in [1.29, 1.82) is 0 Å². The van der Waals surface area contributed by atoms with Gasteiger partial charge in [0, 0.05) is 26.2 Å². The van der Waals surface area contributed by atoms with Crippen LogP contribution in [0.1, 0.15) is 38.5 Å². The van der Waals surface area contributed by atoms with Crippen LogP contribution in [0.5, 0.6) is 0 Å². The molecule has 11 heteroatoms. The number of hydrogen-bond acceptors (Lipinski definition) is 6. The van der Waals surface area contributed by atoms with Crippen molar-refractivity contribution in [3.05, 3.63) is 0 Å². The van der Waals surface area contributed by atoms with Crippen molar-refractivity contribution in [3.63, 3.8) is 0 Å². The maximum absolute atomic E-state index is 12.7. The Balaban J connectivity index is 0.00000243. The largest absolute Gasteiger partial charge is 0.338 e. The average molecular weight is 430 g/mol. The van der Waals surface area contributed by atoms with Gasteiger partial charge >= 0.3 is 0 Å². The molecule has 1 aliphatic carbocycles. The number of sulfonamides is 1. The summed E-state index contributed by atoms with van der Waals surface area (Å²) in [6.45, 7) is 1.05. The molecule has 1 atom stereocenters. The first-order chi connectivity index (χ1) is 11.6. The molecule has 2 N–H and O–H groups in total. The van der Waals surface area contributed by atoms with Crippen molar-refractivity contribution in [2.24, 2.45) is 5.73 Å². The fraction of sp³-hybridized carbons (Fsp3) is 0.933. The monoisotopic (exact) mass is 429 g/mol. The van der Waals surface area contributed by atoms with E-state index in [9.17, 15) is 21.6 Å². The Labute approximate surface area is 161 Å². The number of carbonyl (C=O) groups excluding carboxylic acids is 1. The molecule has 2 saturated heterocycles. The van der Waals surface area contributed by atoms with Crippen LogP contribution < -0.4 is 5.73 Å². The second-order valence-electron chi connectivity index (χ2n) is 7.48. The van der Waals surface area contributed by atoms with Crippen molar-refractivity contribution >= 4 is 38.2 Å². The van der Waals surface area contributed by atoms with Crippen LogP contribution in [0.2, 0.25) is 0 Å². The van der Waals surface area contributed by atoms with Gasteiger partial charge < -0.3 is 10.6 Å². The number of carbonyl (C=O) groups is 1. The summed E-state index contributed by atoms with van der Waals surface area (Å²) in [6, 6.07) is 0. The maximum atomic E-state index is 12.7. The zero-order valence-electron chi connectivity index (χ0n) is 14.8. The molecule has 0 aromatic carbocycles. The number of rotatable bonds is 3. The predicted octanol–water partition coefficient (Wildman–Crippen LogP) is -0.269. The van der Waals surface area contributed by atoms with Gasteiger partial charge in [0.15, 0.2) is 9.84 Å². The van der Waals surface area contributed by atoms with Crippen LogP contribution in [0.3, 0.4) is 0 Å². The van der Waals surface area contributed by atoms with Gasteiger partial charge in [0.05, 0.1) is 22.3 Å². The predicted molar refractivity (Wildman–Crippen MR) is 101 cm³/mol. The highest BCUT2D eigenvalue weighted by molar-refractivity contribution is 7.95. The topological polar surface area (TPSA) is 118 Å². The Morgan fingerprint density at radius 1 is 1.04 bits per heavy atom. The minimum atomic E-state index is -3.64. The zero-order chi connectivity index (χ0) is 18.3. The van der Waals surface area contributed by atoms with Crippen molar-refractivity contribution in [3.8, 4) is 0 Å². The van der Waals surface area contributed by atoms with Crippen molar-refractivity contribution in [2.45, 2.75) is 49.3 Å².